The summed E-state index contributed by atoms with van der Waals surface area (Å²) in [6.45, 7) is 4.22. The fourth-order valence-electron chi connectivity index (χ4n) is 3.37. The summed E-state index contributed by atoms with van der Waals surface area (Å²) in [5.41, 5.74) is 4.08. The maximum Gasteiger partial charge on any atom is 0.337 e. The molecule has 1 heterocycles. The summed E-state index contributed by atoms with van der Waals surface area (Å²) in [4.78, 5) is 25.9. The molecular weight excluding hydrogens is 314 g/mol. The average molecular weight is 335 g/mol. The third-order valence-electron chi connectivity index (χ3n) is 4.79. The van der Waals surface area contributed by atoms with Crippen LogP contribution in [-0.4, -0.2) is 25.9 Å². The van der Waals surface area contributed by atoms with Crippen LogP contribution >= 0.6 is 0 Å². The molecule has 0 radical (unpaired) electrons. The van der Waals surface area contributed by atoms with Crippen LogP contribution in [0.4, 0.5) is 5.69 Å². The summed E-state index contributed by atoms with van der Waals surface area (Å²) in [5, 5.41) is 0. The van der Waals surface area contributed by atoms with Crippen LogP contribution in [0.25, 0.3) is 0 Å². The van der Waals surface area contributed by atoms with Gasteiger partial charge in [0.25, 0.3) is 0 Å². The second kappa shape index (κ2) is 6.20. The van der Waals surface area contributed by atoms with E-state index in [1.165, 1.54) is 7.11 Å². The largest absolute Gasteiger partial charge is 0.465 e. The van der Waals surface area contributed by atoms with Gasteiger partial charge in [0.2, 0.25) is 0 Å². The van der Waals surface area contributed by atoms with Crippen LogP contribution in [0, 0.1) is 0 Å². The van der Waals surface area contributed by atoms with E-state index < -0.39 is 0 Å². The minimum atomic E-state index is -0.342. The number of fused-ring (bicyclic) bond motifs is 1. The summed E-state index contributed by atoms with van der Waals surface area (Å²) in [6, 6.07) is 5.60. The van der Waals surface area contributed by atoms with Crippen molar-refractivity contribution in [2.75, 3.05) is 19.1 Å². The number of hydrogen-bond donors (Lipinski definition) is 0. The molecular formula is C21H21NO3. The van der Waals surface area contributed by atoms with Gasteiger partial charge in [-0.15, -0.1) is 0 Å². The zero-order valence-corrected chi connectivity index (χ0v) is 14.9. The van der Waals surface area contributed by atoms with Gasteiger partial charge in [-0.1, -0.05) is 32.1 Å². The molecule has 0 saturated carbocycles. The van der Waals surface area contributed by atoms with Crippen LogP contribution in [0.5, 0.6) is 0 Å². The lowest BCUT2D eigenvalue weighted by atomic mass is 9.83. The number of allylic oxidation sites excluding steroid dienone is 8. The molecule has 0 fully saturated rings. The van der Waals surface area contributed by atoms with E-state index in [2.05, 4.69) is 18.7 Å². The Morgan fingerprint density at radius 1 is 1.16 bits per heavy atom. The Balaban J connectivity index is 2.03. The summed E-state index contributed by atoms with van der Waals surface area (Å²) >= 11 is 0. The van der Waals surface area contributed by atoms with E-state index in [0.717, 1.165) is 16.9 Å². The quantitative estimate of drug-likeness (QED) is 0.611. The van der Waals surface area contributed by atoms with Gasteiger partial charge in [-0.05, 0) is 42.0 Å². The van der Waals surface area contributed by atoms with E-state index >= 15 is 0 Å². The monoisotopic (exact) mass is 335 g/mol. The first-order valence-electron chi connectivity index (χ1n) is 8.14. The molecule has 2 aliphatic rings. The topological polar surface area (TPSA) is 46.6 Å². The van der Waals surface area contributed by atoms with Gasteiger partial charge >= 0.3 is 5.97 Å². The molecule has 1 aromatic carbocycles. The third-order valence-corrected chi connectivity index (χ3v) is 4.79. The number of anilines is 1. The Morgan fingerprint density at radius 2 is 1.88 bits per heavy atom. The summed E-state index contributed by atoms with van der Waals surface area (Å²) in [5.74, 6) is -0.339. The normalized spacial score (nSPS) is 21.1. The van der Waals surface area contributed by atoms with Crippen molar-refractivity contribution in [1.82, 2.24) is 0 Å². The number of ether oxygens (including phenoxy) is 1. The minimum Gasteiger partial charge on any atom is -0.465 e. The molecule has 25 heavy (non-hydrogen) atoms. The number of carbonyl (C=O) groups is 2. The maximum atomic E-state index is 11.9. The van der Waals surface area contributed by atoms with Gasteiger partial charge in [-0.25, -0.2) is 4.79 Å². The molecule has 0 unspecified atom stereocenters. The molecule has 4 nitrogen and oxygen atoms in total. The van der Waals surface area contributed by atoms with E-state index in [4.69, 9.17) is 4.74 Å². The molecule has 128 valence electrons. The van der Waals surface area contributed by atoms with E-state index in [1.807, 2.05) is 43.5 Å². The number of nitrogens with zero attached hydrogens (tertiary/aromatic N) is 1. The molecule has 0 bridgehead atoms. The fourth-order valence-corrected chi connectivity index (χ4v) is 3.37. The highest BCUT2D eigenvalue weighted by atomic mass is 16.5. The Kier molecular flexibility index (Phi) is 4.21. The van der Waals surface area contributed by atoms with Crippen LogP contribution in [0.1, 0.15) is 29.8 Å². The molecule has 1 aliphatic carbocycles. The second-order valence-corrected chi connectivity index (χ2v) is 6.66. The summed E-state index contributed by atoms with van der Waals surface area (Å²) in [6.07, 6.45) is 10.8. The lowest BCUT2D eigenvalue weighted by Crippen LogP contribution is -2.22. The summed E-state index contributed by atoms with van der Waals surface area (Å²) < 4.78 is 4.83. The zero-order chi connectivity index (χ0) is 18.2. The SMILES string of the molecule is COC(=O)c1ccc2c(c1)C(C)(C)/C(=C/C=C1\C=CC=CC1=O)N2C. The predicted octanol–water partition coefficient (Wildman–Crippen LogP) is 3.71. The highest BCUT2D eigenvalue weighted by molar-refractivity contribution is 6.07. The number of esters is 1. The number of carbonyl (C=O) groups excluding carboxylic acids is 2. The molecule has 3 rings (SSSR count). The minimum absolute atomic E-state index is 0.00305. The van der Waals surface area contributed by atoms with Gasteiger partial charge in [0.1, 0.15) is 0 Å². The van der Waals surface area contributed by atoms with Crippen LogP contribution < -0.4 is 4.90 Å². The number of ketones is 1. The van der Waals surface area contributed by atoms with E-state index in [0.29, 0.717) is 11.1 Å². The van der Waals surface area contributed by atoms with Gasteiger partial charge in [-0.3, -0.25) is 4.79 Å². The molecule has 0 spiro atoms. The van der Waals surface area contributed by atoms with Crippen molar-refractivity contribution in [3.63, 3.8) is 0 Å². The lowest BCUT2D eigenvalue weighted by Gasteiger charge is -2.24. The predicted molar refractivity (Wildman–Crippen MR) is 98.7 cm³/mol. The third kappa shape index (κ3) is 2.84. The van der Waals surface area contributed by atoms with E-state index in [1.54, 1.807) is 18.2 Å². The van der Waals surface area contributed by atoms with Gasteiger partial charge in [0.15, 0.2) is 5.78 Å². The van der Waals surface area contributed by atoms with Crippen LogP contribution in [0.2, 0.25) is 0 Å². The van der Waals surface area contributed by atoms with Crippen molar-refractivity contribution < 1.29 is 14.3 Å². The fraction of sp³-hybridized carbons (Fsp3) is 0.238. The Labute approximate surface area is 147 Å². The maximum absolute atomic E-state index is 11.9. The molecule has 0 aromatic heterocycles. The van der Waals surface area contributed by atoms with Gasteiger partial charge < -0.3 is 9.64 Å². The second-order valence-electron chi connectivity index (χ2n) is 6.66. The first kappa shape index (κ1) is 17.0. The highest BCUT2D eigenvalue weighted by Crippen LogP contribution is 2.47. The number of hydrogen-bond acceptors (Lipinski definition) is 4. The van der Waals surface area contributed by atoms with Crippen molar-refractivity contribution >= 4 is 17.4 Å². The Hall–Kier alpha value is -2.88. The van der Waals surface area contributed by atoms with Gasteiger partial charge in [-0.2, -0.15) is 0 Å². The standard InChI is InChI=1S/C21H21NO3/c1-21(2)16-13-15(20(24)25-4)9-11-17(16)22(3)19(21)12-10-14-7-5-6-8-18(14)23/h5-13H,1-4H3/b14-10+,19-12-. The molecule has 0 saturated heterocycles. The highest BCUT2D eigenvalue weighted by Gasteiger charge is 2.38. The molecule has 1 aliphatic heterocycles. The molecule has 0 amide bonds. The van der Waals surface area contributed by atoms with Crippen molar-refractivity contribution in [2.45, 2.75) is 19.3 Å². The van der Waals surface area contributed by atoms with E-state index in [9.17, 15) is 9.59 Å². The zero-order valence-electron chi connectivity index (χ0n) is 14.9. The lowest BCUT2D eigenvalue weighted by molar-refractivity contribution is -0.111. The number of likely N-dealkylation sites (N-methyl/N-ethyl adjacent to an activating group) is 1. The smallest absolute Gasteiger partial charge is 0.337 e. The molecule has 0 atom stereocenters. The van der Waals surface area contributed by atoms with Gasteiger partial charge in [0, 0.05) is 29.4 Å². The van der Waals surface area contributed by atoms with Crippen LogP contribution in [0.3, 0.4) is 0 Å². The molecule has 0 N–H and O–H groups in total. The number of methoxy groups -OCH3 is 1. The van der Waals surface area contributed by atoms with Crippen molar-refractivity contribution in [1.29, 1.82) is 0 Å². The number of rotatable bonds is 2. The van der Waals surface area contributed by atoms with Crippen molar-refractivity contribution in [3.05, 3.63) is 77.1 Å². The first-order chi connectivity index (χ1) is 11.9. The molecule has 4 heteroatoms. The van der Waals surface area contributed by atoms with Crippen molar-refractivity contribution in [3.8, 4) is 0 Å². The van der Waals surface area contributed by atoms with Crippen molar-refractivity contribution in [2.24, 2.45) is 0 Å². The van der Waals surface area contributed by atoms with Crippen LogP contribution in [-0.2, 0) is 14.9 Å². The average Bonchev–Trinajstić information content (AvgIpc) is 2.80. The first-order valence-corrected chi connectivity index (χ1v) is 8.14. The Morgan fingerprint density at radius 3 is 2.56 bits per heavy atom. The summed E-state index contributed by atoms with van der Waals surface area (Å²) in [7, 11) is 3.38. The number of benzene rings is 1. The molecule has 1 aromatic rings. The Bertz CT molecular complexity index is 869. The van der Waals surface area contributed by atoms with Crippen LogP contribution in [0.15, 0.2) is 65.9 Å². The van der Waals surface area contributed by atoms with Gasteiger partial charge in [0.05, 0.1) is 12.7 Å². The van der Waals surface area contributed by atoms with E-state index in [-0.39, 0.29) is 17.2 Å².